The van der Waals surface area contributed by atoms with Crippen molar-refractivity contribution in [2.24, 2.45) is 4.99 Å². The van der Waals surface area contributed by atoms with Crippen molar-refractivity contribution in [1.82, 2.24) is 15.1 Å². The molecule has 2 amide bonds. The van der Waals surface area contributed by atoms with E-state index in [0.717, 1.165) is 4.90 Å². The van der Waals surface area contributed by atoms with Gasteiger partial charge in [0, 0.05) is 7.05 Å². The van der Waals surface area contributed by atoms with Gasteiger partial charge in [-0.15, -0.1) is 0 Å². The van der Waals surface area contributed by atoms with E-state index in [1.165, 1.54) is 4.90 Å². The zero-order chi connectivity index (χ0) is 11.2. The summed E-state index contributed by atoms with van der Waals surface area (Å²) in [5, 5.41) is 10.1. The lowest BCUT2D eigenvalue weighted by molar-refractivity contribution is -0.122. The van der Waals surface area contributed by atoms with Gasteiger partial charge in [-0.2, -0.15) is 0 Å². The number of hydrogen-bond acceptors (Lipinski definition) is 4. The van der Waals surface area contributed by atoms with E-state index < -0.39 is 6.04 Å². The molecule has 1 unspecified atom stereocenters. The van der Waals surface area contributed by atoms with Crippen LogP contribution in [-0.2, 0) is 9.59 Å². The molecular weight excluding hydrogens is 198 g/mol. The zero-order valence-electron chi connectivity index (χ0n) is 8.44. The highest BCUT2D eigenvalue weighted by Crippen LogP contribution is 2.10. The van der Waals surface area contributed by atoms with Crippen molar-refractivity contribution in [1.29, 1.82) is 5.41 Å². The summed E-state index contributed by atoms with van der Waals surface area (Å²) in [5.41, 5.74) is 0. The van der Waals surface area contributed by atoms with Crippen LogP contribution in [0.15, 0.2) is 4.99 Å². The summed E-state index contributed by atoms with van der Waals surface area (Å²) in [6.45, 7) is 1.78. The van der Waals surface area contributed by atoms with E-state index in [4.69, 9.17) is 5.41 Å². The molecule has 1 fully saturated rings. The Morgan fingerprint density at radius 3 is 2.60 bits per heavy atom. The molecule has 0 aromatic heterocycles. The molecule has 2 aliphatic rings. The molecule has 1 saturated heterocycles. The zero-order valence-corrected chi connectivity index (χ0v) is 8.44. The molecule has 1 atom stereocenters. The Balaban J connectivity index is 2.26. The highest BCUT2D eigenvalue weighted by atomic mass is 16.2. The number of nitrogens with one attached hydrogen (secondary N) is 2. The number of aliphatic imine (C=N–C) groups is 1. The second kappa shape index (κ2) is 3.04. The van der Waals surface area contributed by atoms with Crippen LogP contribution < -0.4 is 5.32 Å². The third-order valence-electron chi connectivity index (χ3n) is 2.34. The highest BCUT2D eigenvalue weighted by Gasteiger charge is 2.38. The van der Waals surface area contributed by atoms with Gasteiger partial charge in [0.15, 0.2) is 0 Å². The molecule has 80 valence electrons. The van der Waals surface area contributed by atoms with Crippen LogP contribution in [0.3, 0.4) is 0 Å². The topological polar surface area (TPSA) is 88.9 Å². The van der Waals surface area contributed by atoms with Gasteiger partial charge < -0.3 is 4.90 Å². The van der Waals surface area contributed by atoms with Crippen molar-refractivity contribution in [3.05, 3.63) is 0 Å². The van der Waals surface area contributed by atoms with E-state index in [1.807, 2.05) is 0 Å². The maximum Gasteiger partial charge on any atom is 0.255 e. The van der Waals surface area contributed by atoms with Crippen LogP contribution >= 0.6 is 0 Å². The maximum absolute atomic E-state index is 11.5. The smallest absolute Gasteiger partial charge is 0.255 e. The molecule has 2 aliphatic heterocycles. The van der Waals surface area contributed by atoms with Crippen molar-refractivity contribution in [2.45, 2.75) is 13.0 Å². The first-order valence-corrected chi connectivity index (χ1v) is 4.52. The minimum Gasteiger partial charge on any atom is -0.336 e. The fraction of sp³-hybridized carbons (Fsp3) is 0.500. The molecule has 0 radical (unpaired) electrons. The first kappa shape index (κ1) is 9.63. The average Bonchev–Trinajstić information content (AvgIpc) is 2.57. The standard InChI is InChI=1S/C8H11N5O2/c1-4-6(15)11-8(10-4)13-5(14)3-12(2)7(13)9/h4,9H,3H2,1-2H3,(H,10,11,15). The summed E-state index contributed by atoms with van der Waals surface area (Å²) in [4.78, 5) is 29.3. The maximum atomic E-state index is 11.5. The van der Waals surface area contributed by atoms with Crippen LogP contribution in [0.25, 0.3) is 0 Å². The van der Waals surface area contributed by atoms with Gasteiger partial charge in [0.05, 0.1) is 0 Å². The van der Waals surface area contributed by atoms with Crippen molar-refractivity contribution in [3.63, 3.8) is 0 Å². The van der Waals surface area contributed by atoms with E-state index >= 15 is 0 Å². The van der Waals surface area contributed by atoms with Gasteiger partial charge in [-0.1, -0.05) is 0 Å². The number of amides is 2. The van der Waals surface area contributed by atoms with Crippen LogP contribution in [0, 0.1) is 5.41 Å². The molecule has 0 bridgehead atoms. The quantitative estimate of drug-likeness (QED) is 0.512. The van der Waals surface area contributed by atoms with E-state index in [1.54, 1.807) is 14.0 Å². The van der Waals surface area contributed by atoms with Gasteiger partial charge in [-0.25, -0.2) is 9.89 Å². The van der Waals surface area contributed by atoms with Crippen LogP contribution in [0.2, 0.25) is 0 Å². The van der Waals surface area contributed by atoms with Gasteiger partial charge in [0.2, 0.25) is 11.9 Å². The number of rotatable bonds is 0. The van der Waals surface area contributed by atoms with Crippen LogP contribution in [-0.4, -0.2) is 53.2 Å². The molecule has 0 spiro atoms. The molecule has 0 aromatic carbocycles. The fourth-order valence-corrected chi connectivity index (χ4v) is 1.46. The van der Waals surface area contributed by atoms with Gasteiger partial charge in [0.1, 0.15) is 12.6 Å². The molecule has 2 rings (SSSR count). The molecule has 7 heteroatoms. The number of nitrogens with zero attached hydrogens (tertiary/aromatic N) is 3. The first-order chi connectivity index (χ1) is 7.00. The highest BCUT2D eigenvalue weighted by molar-refractivity contribution is 6.21. The van der Waals surface area contributed by atoms with Crippen molar-refractivity contribution in [3.8, 4) is 0 Å². The second-order valence-corrected chi connectivity index (χ2v) is 3.53. The molecule has 2 heterocycles. The summed E-state index contributed by atoms with van der Waals surface area (Å²) in [6, 6.07) is -0.494. The Labute approximate surface area is 86.3 Å². The van der Waals surface area contributed by atoms with Gasteiger partial charge in [-0.05, 0) is 6.92 Å². The van der Waals surface area contributed by atoms with Gasteiger partial charge in [0.25, 0.3) is 11.8 Å². The van der Waals surface area contributed by atoms with Crippen LogP contribution in [0.5, 0.6) is 0 Å². The number of carbonyl (C=O) groups excluding carboxylic acids is 2. The van der Waals surface area contributed by atoms with E-state index in [-0.39, 0.29) is 30.3 Å². The van der Waals surface area contributed by atoms with Crippen LogP contribution in [0.4, 0.5) is 0 Å². The summed E-state index contributed by atoms with van der Waals surface area (Å²) >= 11 is 0. The Hall–Kier alpha value is -1.92. The SMILES string of the molecule is CC1N=C(N2C(=N)N(C)CC2=O)NC1=O. The minimum absolute atomic E-state index is 0.0353. The predicted molar refractivity (Wildman–Crippen MR) is 52.2 cm³/mol. The Kier molecular flexibility index (Phi) is 1.95. The summed E-state index contributed by atoms with van der Waals surface area (Å²) in [5.74, 6) is -0.309. The van der Waals surface area contributed by atoms with Gasteiger partial charge >= 0.3 is 0 Å². The predicted octanol–water partition coefficient (Wildman–Crippen LogP) is -1.43. The van der Waals surface area contributed by atoms with Crippen LogP contribution in [0.1, 0.15) is 6.92 Å². The lowest BCUT2D eigenvalue weighted by atomic mass is 10.4. The summed E-state index contributed by atoms with van der Waals surface area (Å²) < 4.78 is 0. The molecule has 0 saturated carbocycles. The lowest BCUT2D eigenvalue weighted by Gasteiger charge is -2.15. The third kappa shape index (κ3) is 1.36. The van der Waals surface area contributed by atoms with E-state index in [0.29, 0.717) is 0 Å². The summed E-state index contributed by atoms with van der Waals surface area (Å²) in [6.07, 6.45) is 0. The first-order valence-electron chi connectivity index (χ1n) is 4.52. The molecule has 7 nitrogen and oxygen atoms in total. The molecule has 0 aromatic rings. The number of likely N-dealkylation sites (N-methyl/N-ethyl adjacent to an activating group) is 1. The minimum atomic E-state index is -0.494. The monoisotopic (exact) mass is 209 g/mol. The van der Waals surface area contributed by atoms with E-state index in [2.05, 4.69) is 10.3 Å². The Morgan fingerprint density at radius 2 is 2.20 bits per heavy atom. The largest absolute Gasteiger partial charge is 0.336 e. The third-order valence-corrected chi connectivity index (χ3v) is 2.34. The average molecular weight is 209 g/mol. The number of guanidine groups is 2. The number of carbonyl (C=O) groups is 2. The number of hydrogen-bond donors (Lipinski definition) is 2. The lowest BCUT2D eigenvalue weighted by Crippen LogP contribution is -2.45. The van der Waals surface area contributed by atoms with E-state index in [9.17, 15) is 9.59 Å². The second-order valence-electron chi connectivity index (χ2n) is 3.53. The summed E-state index contributed by atoms with van der Waals surface area (Å²) in [7, 11) is 1.64. The normalized spacial score (nSPS) is 26.1. The van der Waals surface area contributed by atoms with Crippen molar-refractivity contribution < 1.29 is 9.59 Å². The van der Waals surface area contributed by atoms with Gasteiger partial charge in [-0.3, -0.25) is 20.3 Å². The van der Waals surface area contributed by atoms with Crippen molar-refractivity contribution >= 4 is 23.7 Å². The molecule has 2 N–H and O–H groups in total. The Bertz CT molecular complexity index is 388. The fourth-order valence-electron chi connectivity index (χ4n) is 1.46. The van der Waals surface area contributed by atoms with Crippen molar-refractivity contribution in [2.75, 3.05) is 13.6 Å². The molecular formula is C8H11N5O2. The molecule has 15 heavy (non-hydrogen) atoms. The molecule has 0 aliphatic carbocycles. The Morgan fingerprint density at radius 1 is 1.53 bits per heavy atom.